The van der Waals surface area contributed by atoms with Crippen molar-refractivity contribution in [2.75, 3.05) is 7.11 Å². The number of halogens is 1. The summed E-state index contributed by atoms with van der Waals surface area (Å²) in [6, 6.07) is 0. The molecule has 1 fully saturated rings. The van der Waals surface area contributed by atoms with Crippen LogP contribution in [-0.4, -0.2) is 35.3 Å². The number of rotatable bonds is 4. The third-order valence-electron chi connectivity index (χ3n) is 9.22. The van der Waals surface area contributed by atoms with Crippen LogP contribution in [0.2, 0.25) is 0 Å². The largest absolute Gasteiger partial charge is 0.511 e. The Kier molecular flexibility index (Phi) is 6.80. The van der Waals surface area contributed by atoms with Gasteiger partial charge in [-0.3, -0.25) is 4.79 Å². The molecule has 6 aliphatic rings. The van der Waals surface area contributed by atoms with E-state index in [9.17, 15) is 9.90 Å². The molecule has 212 valence electrons. The van der Waals surface area contributed by atoms with Crippen LogP contribution in [-0.2, 0) is 9.53 Å². The molecule has 8 heteroatoms. The van der Waals surface area contributed by atoms with Gasteiger partial charge in [0.25, 0.3) is 0 Å². The normalized spacial score (nSPS) is 25.3. The molecule has 5 aliphatic heterocycles. The third-order valence-corrected chi connectivity index (χ3v) is 10.0. The molecule has 0 radical (unpaired) electrons. The predicted octanol–water partition coefficient (Wildman–Crippen LogP) is 7.35. The first-order valence-corrected chi connectivity index (χ1v) is 15.1. The van der Waals surface area contributed by atoms with Crippen LogP contribution < -0.4 is 5.32 Å². The van der Waals surface area contributed by atoms with E-state index in [1.807, 2.05) is 13.0 Å². The zero-order valence-electron chi connectivity index (χ0n) is 24.6. The summed E-state index contributed by atoms with van der Waals surface area (Å²) in [6.07, 6.45) is 6.43. The number of hydrogen-bond acceptors (Lipinski definition) is 7. The van der Waals surface area contributed by atoms with Crippen molar-refractivity contribution in [1.29, 1.82) is 0 Å². The second kappa shape index (κ2) is 10.1. The number of ether oxygens (including phenoxy) is 1. The second-order valence-corrected chi connectivity index (χ2v) is 12.1. The van der Waals surface area contributed by atoms with Crippen molar-refractivity contribution in [3.8, 4) is 0 Å². The number of carbonyl (C=O) groups excluding carboxylic acids is 1. The van der Waals surface area contributed by atoms with Gasteiger partial charge in [0.1, 0.15) is 5.76 Å². The van der Waals surface area contributed by atoms with Gasteiger partial charge in [-0.25, -0.2) is 15.0 Å². The molecule has 0 saturated carbocycles. The first-order valence-electron chi connectivity index (χ1n) is 14.3. The average Bonchev–Trinajstić information content (AvgIpc) is 3.70. The predicted molar refractivity (Wildman–Crippen MR) is 167 cm³/mol. The van der Waals surface area contributed by atoms with Crippen LogP contribution >= 0.6 is 15.9 Å². The highest BCUT2D eigenvalue weighted by atomic mass is 79.9. The first kappa shape index (κ1) is 27.6. The monoisotopic (exact) mass is 614 g/mol. The number of hydrogen-bond donors (Lipinski definition) is 2. The lowest BCUT2D eigenvalue weighted by molar-refractivity contribution is -0.141. The quantitative estimate of drug-likeness (QED) is 0.323. The van der Waals surface area contributed by atoms with Crippen molar-refractivity contribution in [3.05, 3.63) is 89.9 Å². The second-order valence-electron chi connectivity index (χ2n) is 11.3. The van der Waals surface area contributed by atoms with Crippen LogP contribution in [0.15, 0.2) is 105 Å². The summed E-state index contributed by atoms with van der Waals surface area (Å²) < 4.78 is 5.98. The minimum atomic E-state index is -0.273. The molecule has 0 spiro atoms. The number of fused-ring (bicyclic) bond motifs is 5. The number of nitrogens with zero attached hydrogens (tertiary/aromatic N) is 3. The van der Waals surface area contributed by atoms with Crippen LogP contribution in [0.1, 0.15) is 67.2 Å². The van der Waals surface area contributed by atoms with Gasteiger partial charge in [-0.15, -0.1) is 0 Å². The molecule has 2 atom stereocenters. The lowest BCUT2D eigenvalue weighted by atomic mass is 9.87. The van der Waals surface area contributed by atoms with E-state index in [1.165, 1.54) is 18.3 Å². The fraction of sp³-hybridized carbons (Fsp3) is 0.394. The van der Waals surface area contributed by atoms with Crippen molar-refractivity contribution < 1.29 is 14.6 Å². The SMILES string of the molecule is CCC1=C(C)C2=NC1=CC1=C(C)C3=C(O)CC(=C4NC(=C(Br)C5=NC(=C2)C(CC)=C5C)[C@@H](C)C4CC(=O)OC)C3=N1. The van der Waals surface area contributed by atoms with E-state index >= 15 is 0 Å². The standard InChI is InChI=1S/C33H35BrN4O3/c1-8-18-14(3)22-12-25-19(9-2)15(4)30(37-25)29(34)31-16(5)20(11-27(40)41-7)32(38-31)21-10-26(39)28-17(6)23(36-33(21)28)13-24(18)35-22/h12-13,16,20,38-39H,8-11H2,1-7H3/t16-,20?/m0/s1. The Balaban J connectivity index is 1.65. The highest BCUT2D eigenvalue weighted by Gasteiger charge is 2.43. The molecule has 1 saturated heterocycles. The maximum Gasteiger partial charge on any atom is 0.306 e. The Morgan fingerprint density at radius 3 is 2.37 bits per heavy atom. The molecule has 5 heterocycles. The van der Waals surface area contributed by atoms with Crippen molar-refractivity contribution >= 4 is 39.0 Å². The van der Waals surface area contributed by atoms with E-state index in [0.29, 0.717) is 12.2 Å². The number of allylic oxidation sites excluding steroid dienone is 12. The van der Waals surface area contributed by atoms with E-state index < -0.39 is 0 Å². The van der Waals surface area contributed by atoms with Gasteiger partial charge in [0.05, 0.1) is 52.2 Å². The number of methoxy groups -OCH3 is 1. The smallest absolute Gasteiger partial charge is 0.306 e. The number of aliphatic imine (C=N–C) groups is 3. The highest BCUT2D eigenvalue weighted by Crippen LogP contribution is 2.47. The minimum Gasteiger partial charge on any atom is -0.511 e. The summed E-state index contributed by atoms with van der Waals surface area (Å²) in [7, 11) is 1.42. The Morgan fingerprint density at radius 1 is 1.00 bits per heavy atom. The number of aliphatic hydroxyl groups excluding tert-OH is 1. The van der Waals surface area contributed by atoms with Gasteiger partial charge < -0.3 is 15.2 Å². The first-order chi connectivity index (χ1) is 19.6. The number of aliphatic hydroxyl groups is 1. The van der Waals surface area contributed by atoms with Crippen LogP contribution in [0.25, 0.3) is 0 Å². The molecule has 0 aromatic carbocycles. The zero-order chi connectivity index (χ0) is 29.3. The summed E-state index contributed by atoms with van der Waals surface area (Å²) >= 11 is 3.92. The van der Waals surface area contributed by atoms with Gasteiger partial charge in [-0.1, -0.05) is 20.8 Å². The van der Waals surface area contributed by atoms with Crippen molar-refractivity contribution in [2.45, 2.75) is 67.2 Å². The zero-order valence-corrected chi connectivity index (χ0v) is 26.2. The van der Waals surface area contributed by atoms with Crippen molar-refractivity contribution in [2.24, 2.45) is 26.8 Å². The lowest BCUT2D eigenvalue weighted by Crippen LogP contribution is -2.18. The van der Waals surface area contributed by atoms with Gasteiger partial charge in [-0.05, 0) is 89.6 Å². The molecule has 0 aromatic rings. The highest BCUT2D eigenvalue weighted by molar-refractivity contribution is 9.12. The van der Waals surface area contributed by atoms with Gasteiger partial charge in [0.2, 0.25) is 0 Å². The summed E-state index contributed by atoms with van der Waals surface area (Å²) in [5.41, 5.74) is 14.4. The molecule has 8 bridgehead atoms. The summed E-state index contributed by atoms with van der Waals surface area (Å²) in [6.45, 7) is 12.7. The molecule has 2 N–H and O–H groups in total. The summed E-state index contributed by atoms with van der Waals surface area (Å²) in [5, 5.41) is 14.9. The molecular formula is C33H35BrN4O3. The minimum absolute atomic E-state index is 0.0308. The fourth-order valence-electron chi connectivity index (χ4n) is 6.85. The average molecular weight is 616 g/mol. The van der Waals surface area contributed by atoms with E-state index in [1.54, 1.807) is 0 Å². The van der Waals surface area contributed by atoms with Crippen LogP contribution in [0.4, 0.5) is 0 Å². The molecular weight excluding hydrogens is 580 g/mol. The van der Waals surface area contributed by atoms with Crippen LogP contribution in [0.5, 0.6) is 0 Å². The Labute approximate surface area is 249 Å². The molecule has 41 heavy (non-hydrogen) atoms. The fourth-order valence-corrected chi connectivity index (χ4v) is 7.69. The number of nitrogens with one attached hydrogen (secondary N) is 1. The van der Waals surface area contributed by atoms with E-state index in [2.05, 4.69) is 61.9 Å². The van der Waals surface area contributed by atoms with E-state index in [4.69, 9.17) is 19.7 Å². The van der Waals surface area contributed by atoms with E-state index in [0.717, 1.165) is 90.8 Å². The molecule has 0 aromatic heterocycles. The Bertz CT molecular complexity index is 1680. The van der Waals surface area contributed by atoms with Gasteiger partial charge in [0, 0.05) is 40.8 Å². The summed E-state index contributed by atoms with van der Waals surface area (Å²) in [5.74, 6) is -0.167. The van der Waals surface area contributed by atoms with Crippen molar-refractivity contribution in [3.63, 3.8) is 0 Å². The van der Waals surface area contributed by atoms with Gasteiger partial charge in [0.15, 0.2) is 0 Å². The van der Waals surface area contributed by atoms with Crippen LogP contribution in [0, 0.1) is 11.8 Å². The Hall–Kier alpha value is -3.52. The third kappa shape index (κ3) is 4.13. The molecule has 7 nitrogen and oxygen atoms in total. The van der Waals surface area contributed by atoms with Crippen molar-refractivity contribution in [1.82, 2.24) is 5.32 Å². The number of carbonyl (C=O) groups is 1. The summed E-state index contributed by atoms with van der Waals surface area (Å²) in [4.78, 5) is 27.9. The maximum absolute atomic E-state index is 12.6. The molecule has 1 unspecified atom stereocenters. The molecule has 6 rings (SSSR count). The van der Waals surface area contributed by atoms with Gasteiger partial charge in [-0.2, -0.15) is 0 Å². The van der Waals surface area contributed by atoms with Crippen LogP contribution in [0.3, 0.4) is 0 Å². The molecule has 1 aliphatic carbocycles. The Morgan fingerprint density at radius 2 is 1.68 bits per heavy atom. The molecule has 0 amide bonds. The lowest BCUT2D eigenvalue weighted by Gasteiger charge is -2.16. The number of esters is 1. The van der Waals surface area contributed by atoms with Gasteiger partial charge >= 0.3 is 5.97 Å². The maximum atomic E-state index is 12.6. The van der Waals surface area contributed by atoms with E-state index in [-0.39, 0.29) is 24.2 Å². The topological polar surface area (TPSA) is 95.6 Å².